The van der Waals surface area contributed by atoms with Crippen molar-refractivity contribution < 1.29 is 4.79 Å². The molecule has 0 radical (unpaired) electrons. The summed E-state index contributed by atoms with van der Waals surface area (Å²) in [4.78, 5) is 14.3. The molecular formula is C13H24N2O. The van der Waals surface area contributed by atoms with Crippen LogP contribution in [0.2, 0.25) is 0 Å². The van der Waals surface area contributed by atoms with Crippen molar-refractivity contribution in [2.75, 3.05) is 6.54 Å². The SMILES string of the molecule is CCCC1NC(CC)C(=O)N1CC1CCC1. The van der Waals surface area contributed by atoms with Gasteiger partial charge in [0.15, 0.2) is 0 Å². The highest BCUT2D eigenvalue weighted by atomic mass is 16.2. The molecule has 16 heavy (non-hydrogen) atoms. The van der Waals surface area contributed by atoms with E-state index in [0.717, 1.165) is 31.7 Å². The summed E-state index contributed by atoms with van der Waals surface area (Å²) in [6.45, 7) is 5.27. The first kappa shape index (κ1) is 11.9. The van der Waals surface area contributed by atoms with E-state index in [1.54, 1.807) is 0 Å². The van der Waals surface area contributed by atoms with E-state index in [-0.39, 0.29) is 6.04 Å². The van der Waals surface area contributed by atoms with Gasteiger partial charge in [-0.25, -0.2) is 0 Å². The molecule has 3 heteroatoms. The van der Waals surface area contributed by atoms with E-state index >= 15 is 0 Å². The molecule has 0 aromatic heterocycles. The van der Waals surface area contributed by atoms with Gasteiger partial charge in [-0.2, -0.15) is 0 Å². The highest BCUT2D eigenvalue weighted by Gasteiger charge is 2.38. The topological polar surface area (TPSA) is 32.3 Å². The van der Waals surface area contributed by atoms with E-state index in [1.807, 2.05) is 0 Å². The minimum Gasteiger partial charge on any atom is -0.326 e. The smallest absolute Gasteiger partial charge is 0.241 e. The lowest BCUT2D eigenvalue weighted by atomic mass is 9.85. The fourth-order valence-corrected chi connectivity index (χ4v) is 2.72. The fraction of sp³-hybridized carbons (Fsp3) is 0.923. The molecule has 1 heterocycles. The number of nitrogens with zero attached hydrogens (tertiary/aromatic N) is 1. The Kier molecular flexibility index (Phi) is 3.85. The molecule has 2 atom stereocenters. The van der Waals surface area contributed by atoms with Gasteiger partial charge in [0, 0.05) is 6.54 Å². The Morgan fingerprint density at radius 1 is 1.38 bits per heavy atom. The molecule has 1 amide bonds. The standard InChI is InChI=1S/C13H24N2O/c1-3-6-12-14-11(4-2)13(16)15(12)9-10-7-5-8-10/h10-12,14H,3-9H2,1-2H3. The van der Waals surface area contributed by atoms with E-state index in [9.17, 15) is 4.79 Å². The van der Waals surface area contributed by atoms with E-state index in [1.165, 1.54) is 19.3 Å². The molecule has 0 spiro atoms. The first-order chi connectivity index (χ1) is 7.76. The van der Waals surface area contributed by atoms with Crippen molar-refractivity contribution >= 4 is 5.91 Å². The zero-order valence-corrected chi connectivity index (χ0v) is 10.5. The third-order valence-corrected chi connectivity index (χ3v) is 4.00. The molecule has 1 saturated carbocycles. The van der Waals surface area contributed by atoms with Crippen molar-refractivity contribution in [3.8, 4) is 0 Å². The maximum absolute atomic E-state index is 12.2. The maximum Gasteiger partial charge on any atom is 0.241 e. The van der Waals surface area contributed by atoms with E-state index in [0.29, 0.717) is 12.1 Å². The fourth-order valence-electron chi connectivity index (χ4n) is 2.72. The Bertz CT molecular complexity index is 250. The zero-order chi connectivity index (χ0) is 11.5. The van der Waals surface area contributed by atoms with Crippen molar-refractivity contribution in [3.05, 3.63) is 0 Å². The summed E-state index contributed by atoms with van der Waals surface area (Å²) in [5, 5.41) is 3.47. The van der Waals surface area contributed by atoms with Gasteiger partial charge in [-0.1, -0.05) is 26.7 Å². The predicted molar refractivity (Wildman–Crippen MR) is 65.0 cm³/mol. The molecule has 2 aliphatic rings. The Balaban J connectivity index is 1.96. The number of carbonyl (C=O) groups excluding carboxylic acids is 1. The second-order valence-corrected chi connectivity index (χ2v) is 5.22. The first-order valence-corrected chi connectivity index (χ1v) is 6.82. The van der Waals surface area contributed by atoms with Gasteiger partial charge in [0.2, 0.25) is 5.91 Å². The number of hydrogen-bond donors (Lipinski definition) is 1. The van der Waals surface area contributed by atoms with Crippen LogP contribution in [0.3, 0.4) is 0 Å². The molecule has 1 N–H and O–H groups in total. The first-order valence-electron chi connectivity index (χ1n) is 6.82. The Labute approximate surface area is 98.6 Å². The zero-order valence-electron chi connectivity index (χ0n) is 10.5. The van der Waals surface area contributed by atoms with Crippen molar-refractivity contribution in [2.24, 2.45) is 5.92 Å². The van der Waals surface area contributed by atoms with E-state index < -0.39 is 0 Å². The van der Waals surface area contributed by atoms with Crippen LogP contribution in [0, 0.1) is 5.92 Å². The third-order valence-electron chi connectivity index (χ3n) is 4.00. The summed E-state index contributed by atoms with van der Waals surface area (Å²) < 4.78 is 0. The van der Waals surface area contributed by atoms with Crippen LogP contribution < -0.4 is 5.32 Å². The molecule has 0 aromatic carbocycles. The average Bonchev–Trinajstić information content (AvgIpc) is 2.50. The monoisotopic (exact) mass is 224 g/mol. The number of rotatable bonds is 5. The molecule has 3 nitrogen and oxygen atoms in total. The second-order valence-electron chi connectivity index (χ2n) is 5.22. The Hall–Kier alpha value is -0.570. The predicted octanol–water partition coefficient (Wildman–Crippen LogP) is 2.12. The quantitative estimate of drug-likeness (QED) is 0.776. The summed E-state index contributed by atoms with van der Waals surface area (Å²) in [7, 11) is 0. The minimum absolute atomic E-state index is 0.0802. The van der Waals surface area contributed by atoms with Gasteiger partial charge in [0.05, 0.1) is 12.2 Å². The molecule has 1 saturated heterocycles. The number of amides is 1. The van der Waals surface area contributed by atoms with Gasteiger partial charge in [-0.3, -0.25) is 10.1 Å². The van der Waals surface area contributed by atoms with Crippen molar-refractivity contribution in [1.82, 2.24) is 10.2 Å². The lowest BCUT2D eigenvalue weighted by Crippen LogP contribution is -2.41. The van der Waals surface area contributed by atoms with Gasteiger partial charge < -0.3 is 4.90 Å². The molecule has 92 valence electrons. The normalized spacial score (nSPS) is 30.9. The summed E-state index contributed by atoms with van der Waals surface area (Å²) in [5.74, 6) is 1.12. The van der Waals surface area contributed by atoms with Gasteiger partial charge in [0.1, 0.15) is 0 Å². The van der Waals surface area contributed by atoms with Crippen molar-refractivity contribution in [2.45, 2.75) is 64.6 Å². The molecule has 2 fully saturated rings. The Morgan fingerprint density at radius 3 is 2.62 bits per heavy atom. The van der Waals surface area contributed by atoms with Crippen LogP contribution in [0.4, 0.5) is 0 Å². The molecule has 1 aliphatic carbocycles. The van der Waals surface area contributed by atoms with Gasteiger partial charge in [0.25, 0.3) is 0 Å². The molecule has 0 bridgehead atoms. The van der Waals surface area contributed by atoms with Crippen LogP contribution in [-0.2, 0) is 4.79 Å². The van der Waals surface area contributed by atoms with Crippen LogP contribution >= 0.6 is 0 Å². The highest BCUT2D eigenvalue weighted by Crippen LogP contribution is 2.29. The number of carbonyl (C=O) groups is 1. The number of hydrogen-bond acceptors (Lipinski definition) is 2. The van der Waals surface area contributed by atoms with Crippen LogP contribution in [0.5, 0.6) is 0 Å². The summed E-state index contributed by atoms with van der Waals surface area (Å²) in [5.41, 5.74) is 0. The van der Waals surface area contributed by atoms with Gasteiger partial charge in [-0.05, 0) is 31.6 Å². The molecule has 0 aromatic rings. The number of nitrogens with one attached hydrogen (secondary N) is 1. The molecule has 2 rings (SSSR count). The van der Waals surface area contributed by atoms with Crippen LogP contribution in [-0.4, -0.2) is 29.6 Å². The minimum atomic E-state index is 0.0802. The van der Waals surface area contributed by atoms with E-state index in [2.05, 4.69) is 24.1 Å². The summed E-state index contributed by atoms with van der Waals surface area (Å²) in [6, 6.07) is 0.0802. The van der Waals surface area contributed by atoms with Gasteiger partial charge in [-0.15, -0.1) is 0 Å². The van der Waals surface area contributed by atoms with Crippen molar-refractivity contribution in [3.63, 3.8) is 0 Å². The van der Waals surface area contributed by atoms with Crippen LogP contribution in [0.1, 0.15) is 52.4 Å². The van der Waals surface area contributed by atoms with Crippen molar-refractivity contribution in [1.29, 1.82) is 0 Å². The highest BCUT2D eigenvalue weighted by molar-refractivity contribution is 5.84. The summed E-state index contributed by atoms with van der Waals surface area (Å²) >= 11 is 0. The van der Waals surface area contributed by atoms with Gasteiger partial charge >= 0.3 is 0 Å². The third kappa shape index (κ3) is 2.24. The second kappa shape index (κ2) is 5.17. The van der Waals surface area contributed by atoms with Crippen LogP contribution in [0.25, 0.3) is 0 Å². The lowest BCUT2D eigenvalue weighted by molar-refractivity contribution is -0.131. The lowest BCUT2D eigenvalue weighted by Gasteiger charge is -2.33. The van der Waals surface area contributed by atoms with E-state index in [4.69, 9.17) is 0 Å². The average molecular weight is 224 g/mol. The molecular weight excluding hydrogens is 200 g/mol. The maximum atomic E-state index is 12.2. The van der Waals surface area contributed by atoms with Crippen LogP contribution in [0.15, 0.2) is 0 Å². The molecule has 1 aliphatic heterocycles. The summed E-state index contributed by atoms with van der Waals surface area (Å²) in [6.07, 6.45) is 7.45. The molecule has 2 unspecified atom stereocenters. The Morgan fingerprint density at radius 2 is 2.12 bits per heavy atom. The largest absolute Gasteiger partial charge is 0.326 e.